The highest BCUT2D eigenvalue weighted by atomic mass is 35.5. The van der Waals surface area contributed by atoms with Gasteiger partial charge in [0.1, 0.15) is 12.4 Å². The molecule has 0 spiro atoms. The van der Waals surface area contributed by atoms with Gasteiger partial charge in [-0.3, -0.25) is 4.79 Å². The third-order valence-corrected chi connectivity index (χ3v) is 5.48. The number of nitrogens with zero attached hydrogens (tertiary/aromatic N) is 7. The summed E-state index contributed by atoms with van der Waals surface area (Å²) in [7, 11) is 0. The van der Waals surface area contributed by atoms with Crippen LogP contribution in [-0.4, -0.2) is 42.1 Å². The molecule has 0 bridgehead atoms. The van der Waals surface area contributed by atoms with Gasteiger partial charge in [-0.05, 0) is 43.9 Å². The first kappa shape index (κ1) is 22.7. The van der Waals surface area contributed by atoms with Crippen LogP contribution in [0.25, 0.3) is 5.95 Å². The molecule has 1 aromatic carbocycles. The second-order valence-corrected chi connectivity index (χ2v) is 8.15. The molecule has 2 aromatic heterocycles. The SMILES string of the molecule is CC(c1ncnn1-c1ncc(C#N)cn1)N(CC1CC1)C(=O)c1cc(Cl)cc(C(F)(F)F)c1. The average Bonchev–Trinajstić information content (AvgIpc) is 3.48. The minimum absolute atomic E-state index is 0.147. The van der Waals surface area contributed by atoms with Gasteiger partial charge in [0, 0.05) is 17.1 Å². The number of carbonyl (C=O) groups excluding carboxylic acids is 1. The van der Waals surface area contributed by atoms with Crippen LogP contribution in [0.2, 0.25) is 5.02 Å². The predicted molar refractivity (Wildman–Crippen MR) is 110 cm³/mol. The number of amides is 1. The maximum atomic E-state index is 13.4. The van der Waals surface area contributed by atoms with Crippen LogP contribution >= 0.6 is 11.6 Å². The molecule has 1 amide bonds. The predicted octanol–water partition coefficient (Wildman–Crippen LogP) is 4.21. The van der Waals surface area contributed by atoms with Crippen LogP contribution in [0, 0.1) is 17.2 Å². The average molecular weight is 476 g/mol. The zero-order valence-electron chi connectivity index (χ0n) is 17.3. The van der Waals surface area contributed by atoms with Crippen molar-refractivity contribution < 1.29 is 18.0 Å². The minimum atomic E-state index is -4.64. The van der Waals surface area contributed by atoms with Crippen molar-refractivity contribution >= 4 is 17.5 Å². The lowest BCUT2D eigenvalue weighted by Crippen LogP contribution is -2.37. The van der Waals surface area contributed by atoms with Crippen molar-refractivity contribution in [1.82, 2.24) is 29.6 Å². The molecule has 3 aromatic rings. The van der Waals surface area contributed by atoms with Crippen LogP contribution in [0.15, 0.2) is 36.9 Å². The minimum Gasteiger partial charge on any atom is -0.328 e. The maximum absolute atomic E-state index is 13.4. The van der Waals surface area contributed by atoms with E-state index in [1.807, 2.05) is 6.07 Å². The second kappa shape index (κ2) is 8.78. The lowest BCUT2D eigenvalue weighted by Gasteiger charge is -2.29. The molecule has 33 heavy (non-hydrogen) atoms. The second-order valence-electron chi connectivity index (χ2n) is 7.72. The molecule has 12 heteroatoms. The van der Waals surface area contributed by atoms with Crippen molar-refractivity contribution in [3.05, 3.63) is 64.5 Å². The van der Waals surface area contributed by atoms with Gasteiger partial charge in [-0.25, -0.2) is 15.0 Å². The summed E-state index contributed by atoms with van der Waals surface area (Å²) in [5.74, 6) is 0.124. The van der Waals surface area contributed by atoms with Gasteiger partial charge in [-0.2, -0.15) is 28.2 Å². The molecule has 0 radical (unpaired) electrons. The third-order valence-electron chi connectivity index (χ3n) is 5.26. The first-order valence-corrected chi connectivity index (χ1v) is 10.4. The van der Waals surface area contributed by atoms with Gasteiger partial charge < -0.3 is 4.90 Å². The Balaban J connectivity index is 1.69. The Hall–Kier alpha value is -3.52. The number of carbonyl (C=O) groups is 1. The number of hydrogen-bond donors (Lipinski definition) is 0. The largest absolute Gasteiger partial charge is 0.416 e. The van der Waals surface area contributed by atoms with E-state index in [4.69, 9.17) is 16.9 Å². The van der Waals surface area contributed by atoms with E-state index in [-0.39, 0.29) is 28.0 Å². The summed E-state index contributed by atoms with van der Waals surface area (Å²) in [6, 6.07) is 4.07. The molecule has 1 unspecified atom stereocenters. The van der Waals surface area contributed by atoms with Crippen molar-refractivity contribution in [3.8, 4) is 12.0 Å². The monoisotopic (exact) mass is 475 g/mol. The number of nitriles is 1. The lowest BCUT2D eigenvalue weighted by molar-refractivity contribution is -0.137. The van der Waals surface area contributed by atoms with E-state index in [1.54, 1.807) is 6.92 Å². The highest BCUT2D eigenvalue weighted by Gasteiger charge is 2.35. The molecule has 1 atom stereocenters. The summed E-state index contributed by atoms with van der Waals surface area (Å²) in [4.78, 5) is 27.3. The molecule has 1 aliphatic rings. The Bertz CT molecular complexity index is 1220. The van der Waals surface area contributed by atoms with Crippen LogP contribution in [-0.2, 0) is 6.18 Å². The Labute approximate surface area is 191 Å². The Morgan fingerprint density at radius 1 is 1.27 bits per heavy atom. The third kappa shape index (κ3) is 4.96. The van der Waals surface area contributed by atoms with Crippen molar-refractivity contribution in [2.75, 3.05) is 6.54 Å². The molecular formula is C21H17ClF3N7O. The van der Waals surface area contributed by atoms with Gasteiger partial charge in [0.05, 0.1) is 29.6 Å². The summed E-state index contributed by atoms with van der Waals surface area (Å²) >= 11 is 5.90. The lowest BCUT2D eigenvalue weighted by atomic mass is 10.1. The molecule has 170 valence electrons. The zero-order chi connectivity index (χ0) is 23.8. The van der Waals surface area contributed by atoms with Crippen LogP contribution < -0.4 is 0 Å². The fourth-order valence-corrected chi connectivity index (χ4v) is 3.59. The van der Waals surface area contributed by atoms with Crippen LogP contribution in [0.4, 0.5) is 13.2 Å². The molecular weight excluding hydrogens is 459 g/mol. The number of benzene rings is 1. The van der Waals surface area contributed by atoms with E-state index >= 15 is 0 Å². The molecule has 0 aliphatic heterocycles. The smallest absolute Gasteiger partial charge is 0.328 e. The summed E-state index contributed by atoms with van der Waals surface area (Å²) in [6.45, 7) is 2.05. The molecule has 1 aliphatic carbocycles. The Morgan fingerprint density at radius 2 is 1.97 bits per heavy atom. The fourth-order valence-electron chi connectivity index (χ4n) is 3.36. The van der Waals surface area contributed by atoms with Gasteiger partial charge in [0.15, 0.2) is 5.82 Å². The van der Waals surface area contributed by atoms with E-state index in [0.29, 0.717) is 12.4 Å². The Kier molecular flexibility index (Phi) is 6.03. The van der Waals surface area contributed by atoms with Gasteiger partial charge in [-0.1, -0.05) is 11.6 Å². The molecule has 4 rings (SSSR count). The normalized spacial score (nSPS) is 14.5. The first-order chi connectivity index (χ1) is 15.7. The first-order valence-electron chi connectivity index (χ1n) is 9.98. The van der Waals surface area contributed by atoms with Crippen LogP contribution in [0.5, 0.6) is 0 Å². The summed E-state index contributed by atoms with van der Waals surface area (Å²) in [5, 5.41) is 12.9. The molecule has 1 saturated carbocycles. The fraction of sp³-hybridized carbons (Fsp3) is 0.333. The standard InChI is InChI=1S/C21H17ClF3N7O/c1-12(18-29-11-30-32(18)20-27-8-14(7-26)9-28-20)31(10-13-2-3-13)19(33)15-4-16(21(23,24)25)6-17(22)5-15/h4-6,8-9,11-13H,2-3,10H2,1H3. The number of hydrogen-bond acceptors (Lipinski definition) is 6. The zero-order valence-corrected chi connectivity index (χ0v) is 18.0. The van der Waals surface area contributed by atoms with Crippen molar-refractivity contribution in [2.45, 2.75) is 32.0 Å². The molecule has 1 fully saturated rings. The highest BCUT2D eigenvalue weighted by Crippen LogP contribution is 2.35. The Morgan fingerprint density at radius 3 is 2.58 bits per heavy atom. The number of rotatable bonds is 6. The van der Waals surface area contributed by atoms with Crippen molar-refractivity contribution in [1.29, 1.82) is 5.26 Å². The van der Waals surface area contributed by atoms with E-state index in [2.05, 4.69) is 20.1 Å². The summed E-state index contributed by atoms with van der Waals surface area (Å²) in [6.07, 6.45) is 1.14. The summed E-state index contributed by atoms with van der Waals surface area (Å²) < 4.78 is 41.1. The van der Waals surface area contributed by atoms with Gasteiger partial charge in [0.2, 0.25) is 0 Å². The topological polar surface area (TPSA) is 101 Å². The molecule has 0 saturated heterocycles. The maximum Gasteiger partial charge on any atom is 0.416 e. The van der Waals surface area contributed by atoms with E-state index in [1.165, 1.54) is 34.4 Å². The number of alkyl halides is 3. The van der Waals surface area contributed by atoms with E-state index in [9.17, 15) is 18.0 Å². The van der Waals surface area contributed by atoms with Gasteiger partial charge >= 0.3 is 6.18 Å². The molecule has 0 N–H and O–H groups in total. The van der Waals surface area contributed by atoms with Crippen LogP contribution in [0.3, 0.4) is 0 Å². The van der Waals surface area contributed by atoms with Crippen LogP contribution in [0.1, 0.15) is 53.1 Å². The summed E-state index contributed by atoms with van der Waals surface area (Å²) in [5.41, 5.74) is -0.894. The number of halogens is 4. The van der Waals surface area contributed by atoms with Crippen molar-refractivity contribution in [3.63, 3.8) is 0 Å². The quantitative estimate of drug-likeness (QED) is 0.529. The van der Waals surface area contributed by atoms with E-state index < -0.39 is 23.7 Å². The molecule has 2 heterocycles. The van der Waals surface area contributed by atoms with Gasteiger partial charge in [-0.15, -0.1) is 0 Å². The van der Waals surface area contributed by atoms with Crippen molar-refractivity contribution in [2.24, 2.45) is 5.92 Å². The molecule has 8 nitrogen and oxygen atoms in total. The van der Waals surface area contributed by atoms with Gasteiger partial charge in [0.25, 0.3) is 11.9 Å². The number of aromatic nitrogens is 5. The van der Waals surface area contributed by atoms with E-state index in [0.717, 1.165) is 25.0 Å². The highest BCUT2D eigenvalue weighted by molar-refractivity contribution is 6.31.